The maximum absolute atomic E-state index is 11.6. The number of likely N-dealkylation sites (tertiary alicyclic amines) is 1. The number of aromatic nitrogens is 1. The lowest BCUT2D eigenvalue weighted by molar-refractivity contribution is -0.143. The second kappa shape index (κ2) is 8.36. The van der Waals surface area contributed by atoms with E-state index in [1.165, 1.54) is 16.7 Å². The van der Waals surface area contributed by atoms with Crippen molar-refractivity contribution in [1.29, 1.82) is 0 Å². The van der Waals surface area contributed by atoms with Crippen LogP contribution in [0.4, 0.5) is 0 Å². The van der Waals surface area contributed by atoms with Crippen LogP contribution in [0, 0.1) is 5.92 Å². The van der Waals surface area contributed by atoms with Crippen molar-refractivity contribution < 1.29 is 9.90 Å². The largest absolute Gasteiger partial charge is 0.481 e. The lowest BCUT2D eigenvalue weighted by Gasteiger charge is -2.37. The van der Waals surface area contributed by atoms with E-state index in [4.69, 9.17) is 0 Å². The van der Waals surface area contributed by atoms with Gasteiger partial charge in [-0.25, -0.2) is 0 Å². The van der Waals surface area contributed by atoms with Crippen LogP contribution in [0.2, 0.25) is 0 Å². The zero-order valence-corrected chi connectivity index (χ0v) is 15.7. The zero-order chi connectivity index (χ0) is 19.3. The molecule has 1 aliphatic rings. The Hall–Kier alpha value is -2.98. The molecule has 2 atom stereocenters. The molecule has 0 aliphatic carbocycles. The zero-order valence-electron chi connectivity index (χ0n) is 15.7. The van der Waals surface area contributed by atoms with Gasteiger partial charge in [-0.3, -0.25) is 14.7 Å². The normalized spacial score (nSPS) is 18.5. The van der Waals surface area contributed by atoms with Crippen LogP contribution in [0.25, 0.3) is 11.1 Å². The first-order valence-corrected chi connectivity index (χ1v) is 9.74. The van der Waals surface area contributed by atoms with Gasteiger partial charge in [-0.15, -0.1) is 0 Å². The van der Waals surface area contributed by atoms with Crippen molar-refractivity contribution in [2.75, 3.05) is 13.1 Å². The van der Waals surface area contributed by atoms with Gasteiger partial charge in [0.25, 0.3) is 0 Å². The third-order valence-corrected chi connectivity index (χ3v) is 5.50. The average molecular weight is 372 g/mol. The summed E-state index contributed by atoms with van der Waals surface area (Å²) in [5.74, 6) is -1.01. The Morgan fingerprint density at radius 1 is 0.964 bits per heavy atom. The Morgan fingerprint density at radius 2 is 1.71 bits per heavy atom. The molecule has 2 unspecified atom stereocenters. The first-order valence-electron chi connectivity index (χ1n) is 9.74. The van der Waals surface area contributed by atoms with E-state index in [1.807, 2.05) is 30.5 Å². The number of aliphatic carboxylic acids is 1. The van der Waals surface area contributed by atoms with E-state index in [9.17, 15) is 9.90 Å². The van der Waals surface area contributed by atoms with Crippen molar-refractivity contribution >= 4 is 5.97 Å². The summed E-state index contributed by atoms with van der Waals surface area (Å²) in [6.07, 6.45) is 5.31. The molecule has 4 rings (SSSR count). The Balaban J connectivity index is 1.67. The summed E-state index contributed by atoms with van der Waals surface area (Å²) < 4.78 is 0. The number of carbonyl (C=O) groups is 1. The topological polar surface area (TPSA) is 53.4 Å². The van der Waals surface area contributed by atoms with Crippen molar-refractivity contribution in [2.24, 2.45) is 5.92 Å². The number of nitrogens with zero attached hydrogens (tertiary/aromatic N) is 2. The van der Waals surface area contributed by atoms with E-state index in [0.29, 0.717) is 6.54 Å². The highest BCUT2D eigenvalue weighted by molar-refractivity contribution is 5.70. The minimum Gasteiger partial charge on any atom is -0.481 e. The molecule has 142 valence electrons. The lowest BCUT2D eigenvalue weighted by atomic mass is 9.91. The van der Waals surface area contributed by atoms with E-state index in [2.05, 4.69) is 52.3 Å². The van der Waals surface area contributed by atoms with Crippen molar-refractivity contribution in [3.05, 3.63) is 90.3 Å². The van der Waals surface area contributed by atoms with Gasteiger partial charge in [-0.2, -0.15) is 0 Å². The van der Waals surface area contributed by atoms with Gasteiger partial charge in [-0.1, -0.05) is 60.7 Å². The second-order valence-corrected chi connectivity index (χ2v) is 7.35. The molecule has 2 heterocycles. The van der Waals surface area contributed by atoms with E-state index in [-0.39, 0.29) is 12.0 Å². The van der Waals surface area contributed by atoms with E-state index >= 15 is 0 Å². The predicted molar refractivity (Wildman–Crippen MR) is 110 cm³/mol. The first-order chi connectivity index (χ1) is 13.7. The summed E-state index contributed by atoms with van der Waals surface area (Å²) in [5.41, 5.74) is 4.63. The summed E-state index contributed by atoms with van der Waals surface area (Å²) >= 11 is 0. The molecule has 0 saturated carbocycles. The molecule has 0 bridgehead atoms. The van der Waals surface area contributed by atoms with Gasteiger partial charge in [0.2, 0.25) is 0 Å². The van der Waals surface area contributed by atoms with Crippen molar-refractivity contribution in [3.8, 4) is 11.1 Å². The SMILES string of the molecule is O=C(O)C1CCCN(C(c2ccc(-c3ccccc3)cc2)c2cccnc2)C1. The van der Waals surface area contributed by atoms with E-state index in [1.54, 1.807) is 6.20 Å². The minimum atomic E-state index is -0.700. The molecule has 3 aromatic rings. The number of pyridine rings is 1. The Labute approximate surface area is 165 Å². The van der Waals surface area contributed by atoms with Gasteiger partial charge in [0, 0.05) is 18.9 Å². The monoisotopic (exact) mass is 372 g/mol. The molecule has 0 spiro atoms. The molecule has 1 N–H and O–H groups in total. The smallest absolute Gasteiger partial charge is 0.307 e. The van der Waals surface area contributed by atoms with Gasteiger partial charge in [0.15, 0.2) is 0 Å². The number of piperidine rings is 1. The van der Waals surface area contributed by atoms with Crippen LogP contribution >= 0.6 is 0 Å². The highest BCUT2D eigenvalue weighted by Crippen LogP contribution is 2.33. The van der Waals surface area contributed by atoms with Gasteiger partial charge in [0.05, 0.1) is 12.0 Å². The Bertz CT molecular complexity index is 910. The van der Waals surface area contributed by atoms with E-state index < -0.39 is 5.97 Å². The molecule has 1 aromatic heterocycles. The summed E-state index contributed by atoms with van der Waals surface area (Å²) in [4.78, 5) is 18.1. The standard InChI is InChI=1S/C24H24N2O2/c27-24(28)22-9-5-15-26(17-22)23(21-8-4-14-25-16-21)20-12-10-19(11-13-20)18-6-2-1-3-7-18/h1-4,6-8,10-14,16,22-23H,5,9,15,17H2,(H,27,28). The molecular weight excluding hydrogens is 348 g/mol. The predicted octanol–water partition coefficient (Wildman–Crippen LogP) is 4.63. The van der Waals surface area contributed by atoms with Crippen LogP contribution in [0.5, 0.6) is 0 Å². The number of hydrogen-bond donors (Lipinski definition) is 1. The number of carboxylic acids is 1. The van der Waals surface area contributed by atoms with E-state index in [0.717, 1.165) is 24.9 Å². The fourth-order valence-electron chi connectivity index (χ4n) is 4.08. The second-order valence-electron chi connectivity index (χ2n) is 7.35. The van der Waals surface area contributed by atoms with Gasteiger partial charge >= 0.3 is 5.97 Å². The number of rotatable bonds is 5. The summed E-state index contributed by atoms with van der Waals surface area (Å²) in [7, 11) is 0. The van der Waals surface area contributed by atoms with Crippen LogP contribution in [0.1, 0.15) is 30.0 Å². The van der Waals surface area contributed by atoms with Crippen LogP contribution in [-0.2, 0) is 4.79 Å². The lowest BCUT2D eigenvalue weighted by Crippen LogP contribution is -2.41. The summed E-state index contributed by atoms with van der Waals surface area (Å²) in [6.45, 7) is 1.46. The van der Waals surface area contributed by atoms with Gasteiger partial charge < -0.3 is 5.11 Å². The Morgan fingerprint density at radius 3 is 2.39 bits per heavy atom. The molecule has 0 amide bonds. The van der Waals surface area contributed by atoms with Crippen molar-refractivity contribution in [3.63, 3.8) is 0 Å². The third kappa shape index (κ3) is 3.97. The first kappa shape index (κ1) is 18.4. The fraction of sp³-hybridized carbons (Fsp3) is 0.250. The van der Waals surface area contributed by atoms with Crippen LogP contribution < -0.4 is 0 Å². The molecule has 4 nitrogen and oxygen atoms in total. The van der Waals surface area contributed by atoms with Crippen LogP contribution in [0.3, 0.4) is 0 Å². The highest BCUT2D eigenvalue weighted by atomic mass is 16.4. The Kier molecular flexibility index (Phi) is 5.49. The molecule has 0 radical (unpaired) electrons. The maximum Gasteiger partial charge on any atom is 0.307 e. The van der Waals surface area contributed by atoms with Crippen molar-refractivity contribution in [2.45, 2.75) is 18.9 Å². The number of hydrogen-bond acceptors (Lipinski definition) is 3. The summed E-state index contributed by atoms with van der Waals surface area (Å²) in [5, 5.41) is 9.50. The molecule has 1 saturated heterocycles. The van der Waals surface area contributed by atoms with Gasteiger partial charge in [-0.05, 0) is 47.7 Å². The van der Waals surface area contributed by atoms with Crippen LogP contribution in [0.15, 0.2) is 79.1 Å². The third-order valence-electron chi connectivity index (χ3n) is 5.50. The highest BCUT2D eigenvalue weighted by Gasteiger charge is 2.31. The average Bonchev–Trinajstić information content (AvgIpc) is 2.76. The molecule has 4 heteroatoms. The van der Waals surface area contributed by atoms with Crippen LogP contribution in [-0.4, -0.2) is 34.0 Å². The molecule has 1 fully saturated rings. The molecule has 1 aliphatic heterocycles. The number of benzene rings is 2. The maximum atomic E-state index is 11.6. The fourth-order valence-corrected chi connectivity index (χ4v) is 4.08. The molecule has 28 heavy (non-hydrogen) atoms. The van der Waals surface area contributed by atoms with Gasteiger partial charge in [0.1, 0.15) is 0 Å². The molecule has 2 aromatic carbocycles. The molecular formula is C24H24N2O2. The number of carboxylic acid groups (broad SMARTS) is 1. The quantitative estimate of drug-likeness (QED) is 0.709. The minimum absolute atomic E-state index is 0.0145. The van der Waals surface area contributed by atoms with Crippen molar-refractivity contribution in [1.82, 2.24) is 9.88 Å². The summed E-state index contributed by atoms with van der Waals surface area (Å²) in [6, 6.07) is 23.0.